The molecule has 1 heterocycles. The van der Waals surface area contributed by atoms with Crippen LogP contribution in [0.3, 0.4) is 0 Å². The molecule has 0 spiro atoms. The number of piperazine rings is 1. The Morgan fingerprint density at radius 1 is 1.14 bits per heavy atom. The first kappa shape index (κ1) is 24.5. The maximum Gasteiger partial charge on any atom is 0.409 e. The highest BCUT2D eigenvalue weighted by molar-refractivity contribution is 14.0. The predicted molar refractivity (Wildman–Crippen MR) is 124 cm³/mol. The summed E-state index contributed by atoms with van der Waals surface area (Å²) in [5.74, 6) is 0.906. The third kappa shape index (κ3) is 7.12. The van der Waals surface area contributed by atoms with E-state index in [-0.39, 0.29) is 36.1 Å². The number of amides is 1. The van der Waals surface area contributed by atoms with Gasteiger partial charge in [0.1, 0.15) is 0 Å². The smallest absolute Gasteiger partial charge is 0.409 e. The van der Waals surface area contributed by atoms with E-state index in [1.807, 2.05) is 13.0 Å². The Morgan fingerprint density at radius 2 is 1.75 bits per heavy atom. The van der Waals surface area contributed by atoms with Crippen molar-refractivity contribution < 1.29 is 9.53 Å². The minimum absolute atomic E-state index is 0. The average molecular weight is 503 g/mol. The first-order valence-electron chi connectivity index (χ1n) is 9.73. The molecule has 0 bridgehead atoms. The average Bonchev–Trinajstić information content (AvgIpc) is 2.68. The van der Waals surface area contributed by atoms with Gasteiger partial charge in [0, 0.05) is 32.7 Å². The number of ether oxygens (including phenoxy) is 1. The molecular formula is C20H34IN5O2. The number of carbonyl (C=O) groups excluding carboxylic acids is 1. The normalized spacial score (nSPS) is 15.8. The number of halogens is 1. The number of nitrogens with zero attached hydrogens (tertiary/aromatic N) is 4. The molecule has 8 heteroatoms. The van der Waals surface area contributed by atoms with Crippen molar-refractivity contribution in [2.45, 2.75) is 19.9 Å². The van der Waals surface area contributed by atoms with Crippen molar-refractivity contribution in [3.05, 3.63) is 35.9 Å². The fourth-order valence-corrected chi connectivity index (χ4v) is 3.16. The summed E-state index contributed by atoms with van der Waals surface area (Å²) in [5.41, 5.74) is 1.26. The van der Waals surface area contributed by atoms with Gasteiger partial charge >= 0.3 is 6.09 Å². The Kier molecular flexibility index (Phi) is 11.2. The van der Waals surface area contributed by atoms with E-state index < -0.39 is 0 Å². The van der Waals surface area contributed by atoms with Gasteiger partial charge in [0.25, 0.3) is 0 Å². The van der Waals surface area contributed by atoms with Crippen LogP contribution in [0.15, 0.2) is 35.3 Å². The summed E-state index contributed by atoms with van der Waals surface area (Å²) in [6, 6.07) is 10.7. The van der Waals surface area contributed by atoms with Gasteiger partial charge in [-0.25, -0.2) is 4.79 Å². The van der Waals surface area contributed by atoms with E-state index >= 15 is 0 Å². The van der Waals surface area contributed by atoms with Crippen LogP contribution < -0.4 is 5.32 Å². The van der Waals surface area contributed by atoms with Crippen LogP contribution in [0.5, 0.6) is 0 Å². The van der Waals surface area contributed by atoms with Gasteiger partial charge in [0.05, 0.1) is 19.2 Å². The second-order valence-electron chi connectivity index (χ2n) is 6.76. The van der Waals surface area contributed by atoms with E-state index in [4.69, 9.17) is 9.73 Å². The monoisotopic (exact) mass is 503 g/mol. The fourth-order valence-electron chi connectivity index (χ4n) is 3.16. The SMILES string of the molecule is CCNC(=NCC(c1ccccc1)N(C)C)N1CCN(C(=O)OCC)CC1.I. The van der Waals surface area contributed by atoms with Gasteiger partial charge in [-0.05, 0) is 33.5 Å². The molecule has 1 aromatic rings. The molecule has 0 radical (unpaired) electrons. The summed E-state index contributed by atoms with van der Waals surface area (Å²) in [6.07, 6.45) is -0.226. The topological polar surface area (TPSA) is 60.4 Å². The molecule has 1 atom stereocenters. The highest BCUT2D eigenvalue weighted by atomic mass is 127. The lowest BCUT2D eigenvalue weighted by atomic mass is 10.1. The van der Waals surface area contributed by atoms with Crippen LogP contribution >= 0.6 is 24.0 Å². The van der Waals surface area contributed by atoms with Crippen molar-refractivity contribution in [2.75, 3.05) is 60.0 Å². The second-order valence-corrected chi connectivity index (χ2v) is 6.76. The van der Waals surface area contributed by atoms with Crippen LogP contribution in [-0.2, 0) is 4.74 Å². The van der Waals surface area contributed by atoms with Crippen LogP contribution in [0.2, 0.25) is 0 Å². The molecule has 1 amide bonds. The second kappa shape index (κ2) is 12.8. The Morgan fingerprint density at radius 3 is 2.29 bits per heavy atom. The number of nitrogens with one attached hydrogen (secondary N) is 1. The summed E-state index contributed by atoms with van der Waals surface area (Å²) >= 11 is 0. The van der Waals surface area contributed by atoms with Gasteiger partial charge in [0.2, 0.25) is 0 Å². The molecule has 7 nitrogen and oxygen atoms in total. The molecule has 0 saturated carbocycles. The molecule has 158 valence electrons. The molecule has 1 N–H and O–H groups in total. The molecule has 0 aromatic heterocycles. The third-order valence-corrected chi connectivity index (χ3v) is 4.66. The molecule has 1 aliphatic heterocycles. The number of hydrogen-bond donors (Lipinski definition) is 1. The molecule has 1 aromatic carbocycles. The number of guanidine groups is 1. The number of hydrogen-bond acceptors (Lipinski definition) is 4. The molecular weight excluding hydrogens is 469 g/mol. The van der Waals surface area contributed by atoms with E-state index in [0.29, 0.717) is 26.2 Å². The van der Waals surface area contributed by atoms with Crippen LogP contribution in [0.4, 0.5) is 4.79 Å². The first-order chi connectivity index (χ1) is 13.1. The van der Waals surface area contributed by atoms with Crippen LogP contribution in [0.25, 0.3) is 0 Å². The summed E-state index contributed by atoms with van der Waals surface area (Å²) in [7, 11) is 4.16. The summed E-state index contributed by atoms with van der Waals surface area (Å²) in [4.78, 5) is 23.0. The molecule has 1 fully saturated rings. The summed E-state index contributed by atoms with van der Waals surface area (Å²) in [5, 5.41) is 3.39. The lowest BCUT2D eigenvalue weighted by Crippen LogP contribution is -2.54. The number of rotatable bonds is 6. The van der Waals surface area contributed by atoms with Crippen molar-refractivity contribution in [1.82, 2.24) is 20.0 Å². The van der Waals surface area contributed by atoms with Gasteiger partial charge in [-0.3, -0.25) is 4.99 Å². The number of likely N-dealkylation sites (N-methyl/N-ethyl adjacent to an activating group) is 1. The van der Waals surface area contributed by atoms with E-state index in [1.54, 1.807) is 4.90 Å². The van der Waals surface area contributed by atoms with Crippen LogP contribution in [0, 0.1) is 0 Å². The molecule has 1 unspecified atom stereocenters. The summed E-state index contributed by atoms with van der Waals surface area (Å²) < 4.78 is 5.10. The number of benzene rings is 1. The highest BCUT2D eigenvalue weighted by Crippen LogP contribution is 2.18. The van der Waals surface area contributed by atoms with Crippen molar-refractivity contribution in [2.24, 2.45) is 4.99 Å². The van der Waals surface area contributed by atoms with Gasteiger partial charge in [-0.1, -0.05) is 30.3 Å². The zero-order valence-corrected chi connectivity index (χ0v) is 19.8. The van der Waals surface area contributed by atoms with Crippen LogP contribution in [0.1, 0.15) is 25.5 Å². The zero-order valence-electron chi connectivity index (χ0n) is 17.4. The van der Waals surface area contributed by atoms with Crippen LogP contribution in [-0.4, -0.2) is 86.7 Å². The van der Waals surface area contributed by atoms with E-state index in [9.17, 15) is 4.79 Å². The highest BCUT2D eigenvalue weighted by Gasteiger charge is 2.24. The number of aliphatic imine (C=N–C) groups is 1. The fraction of sp³-hybridized carbons (Fsp3) is 0.600. The molecule has 2 rings (SSSR count). The zero-order chi connectivity index (χ0) is 19.6. The molecule has 1 aliphatic rings. The Hall–Kier alpha value is -1.55. The van der Waals surface area contributed by atoms with E-state index in [0.717, 1.165) is 25.6 Å². The maximum absolute atomic E-state index is 11.9. The Balaban J connectivity index is 0.00000392. The quantitative estimate of drug-likeness (QED) is 0.368. The first-order valence-corrected chi connectivity index (χ1v) is 9.73. The largest absolute Gasteiger partial charge is 0.450 e. The van der Waals surface area contributed by atoms with Gasteiger partial charge in [-0.15, -0.1) is 24.0 Å². The lowest BCUT2D eigenvalue weighted by Gasteiger charge is -2.36. The van der Waals surface area contributed by atoms with Crippen molar-refractivity contribution >= 4 is 36.0 Å². The van der Waals surface area contributed by atoms with Crippen molar-refractivity contribution in [3.63, 3.8) is 0 Å². The van der Waals surface area contributed by atoms with Gasteiger partial charge in [0.15, 0.2) is 5.96 Å². The molecule has 0 aliphatic carbocycles. The maximum atomic E-state index is 11.9. The Bertz CT molecular complexity index is 604. The van der Waals surface area contributed by atoms with Crippen molar-refractivity contribution in [3.8, 4) is 0 Å². The van der Waals surface area contributed by atoms with E-state index in [2.05, 4.69) is 60.4 Å². The molecule has 1 saturated heterocycles. The lowest BCUT2D eigenvalue weighted by molar-refractivity contribution is 0.0914. The van der Waals surface area contributed by atoms with E-state index in [1.165, 1.54) is 5.56 Å². The van der Waals surface area contributed by atoms with Gasteiger partial charge < -0.3 is 24.8 Å². The number of carbonyl (C=O) groups is 1. The Labute approximate surface area is 186 Å². The van der Waals surface area contributed by atoms with Crippen molar-refractivity contribution in [1.29, 1.82) is 0 Å². The molecule has 28 heavy (non-hydrogen) atoms. The minimum Gasteiger partial charge on any atom is -0.450 e. The minimum atomic E-state index is -0.226. The standard InChI is InChI=1S/C20H33N5O2.HI/c1-5-21-19(24-12-14-25(15-13-24)20(26)27-6-2)22-16-18(23(3)4)17-10-8-7-9-11-17;/h7-11,18H,5-6,12-16H2,1-4H3,(H,21,22);1H. The van der Waals surface area contributed by atoms with Gasteiger partial charge in [-0.2, -0.15) is 0 Å². The predicted octanol–water partition coefficient (Wildman–Crippen LogP) is 2.65. The third-order valence-electron chi connectivity index (χ3n) is 4.66. The summed E-state index contributed by atoms with van der Waals surface area (Å²) in [6.45, 7) is 8.62.